The van der Waals surface area contributed by atoms with Crippen LogP contribution in [0.3, 0.4) is 0 Å². The minimum atomic E-state index is 0.597. The van der Waals surface area contributed by atoms with E-state index in [-0.39, 0.29) is 0 Å². The van der Waals surface area contributed by atoms with Crippen molar-refractivity contribution in [2.75, 3.05) is 0 Å². The molecule has 0 amide bonds. The molecule has 4 aliphatic carbocycles. The smallest absolute Gasteiger partial charge is 0.137 e. The largest absolute Gasteiger partial charge is 0.263 e. The Morgan fingerprint density at radius 3 is 2.68 bits per heavy atom. The van der Waals surface area contributed by atoms with E-state index in [0.29, 0.717) is 10.8 Å². The lowest BCUT2D eigenvalue weighted by Crippen LogP contribution is -2.53. The van der Waals surface area contributed by atoms with Crippen LogP contribution >= 0.6 is 0 Å². The molecule has 4 unspecified atom stereocenters. The predicted octanol–water partition coefficient (Wildman–Crippen LogP) is 6.42. The average Bonchev–Trinajstić information content (AvgIpc) is 3.32. The molecule has 0 bridgehead atoms. The van der Waals surface area contributed by atoms with Gasteiger partial charge in [0.15, 0.2) is 0 Å². The molecule has 4 saturated carbocycles. The van der Waals surface area contributed by atoms with Gasteiger partial charge in [-0.2, -0.15) is 5.10 Å². The fraction of sp³-hybridized carbons (Fsp3) is 0.920. The van der Waals surface area contributed by atoms with Gasteiger partial charge in [-0.15, -0.1) is 0 Å². The van der Waals surface area contributed by atoms with Gasteiger partial charge in [-0.25, -0.2) is 4.98 Å². The van der Waals surface area contributed by atoms with Gasteiger partial charge in [0.05, 0.1) is 0 Å². The minimum absolute atomic E-state index is 0.597. The highest BCUT2D eigenvalue weighted by molar-refractivity contribution is 5.09. The number of nitrogens with one attached hydrogen (secondary N) is 1. The van der Waals surface area contributed by atoms with Crippen LogP contribution in [0.2, 0.25) is 0 Å². The Labute approximate surface area is 171 Å². The van der Waals surface area contributed by atoms with E-state index in [0.717, 1.165) is 47.8 Å². The number of fused-ring (bicyclic) bond motifs is 5. The summed E-state index contributed by atoms with van der Waals surface area (Å²) in [4.78, 5) is 4.35. The van der Waals surface area contributed by atoms with E-state index in [4.69, 9.17) is 0 Å². The molecule has 4 fully saturated rings. The number of aromatic amines is 1. The third-order valence-corrected chi connectivity index (χ3v) is 10.6. The summed E-state index contributed by atoms with van der Waals surface area (Å²) in [6.45, 7) is 7.94. The van der Waals surface area contributed by atoms with Crippen LogP contribution in [0.15, 0.2) is 6.33 Å². The lowest BCUT2D eigenvalue weighted by molar-refractivity contribution is -0.114. The fourth-order valence-electron chi connectivity index (χ4n) is 9.19. The van der Waals surface area contributed by atoms with E-state index >= 15 is 0 Å². The van der Waals surface area contributed by atoms with Crippen LogP contribution in [0.25, 0.3) is 0 Å². The van der Waals surface area contributed by atoms with Crippen molar-refractivity contribution < 1.29 is 0 Å². The van der Waals surface area contributed by atoms with Crippen LogP contribution in [0.1, 0.15) is 97.2 Å². The van der Waals surface area contributed by atoms with Gasteiger partial charge < -0.3 is 0 Å². The van der Waals surface area contributed by atoms with Crippen LogP contribution in [0.4, 0.5) is 0 Å². The van der Waals surface area contributed by atoms with Crippen molar-refractivity contribution in [1.29, 1.82) is 0 Å². The Kier molecular flexibility index (Phi) is 4.87. The van der Waals surface area contributed by atoms with Crippen LogP contribution in [0, 0.1) is 46.3 Å². The molecular formula is C25H41N3. The van der Waals surface area contributed by atoms with Gasteiger partial charge in [-0.05, 0) is 104 Å². The van der Waals surface area contributed by atoms with Gasteiger partial charge in [0.1, 0.15) is 12.2 Å². The number of aryl methyl sites for hydroxylation is 1. The quantitative estimate of drug-likeness (QED) is 0.651. The number of aromatic nitrogens is 3. The summed E-state index contributed by atoms with van der Waals surface area (Å²) in [6, 6.07) is 0. The third kappa shape index (κ3) is 2.89. The highest BCUT2D eigenvalue weighted by atomic mass is 15.2. The summed E-state index contributed by atoms with van der Waals surface area (Å²) in [6.07, 6.45) is 19.1. The first-order valence-electron chi connectivity index (χ1n) is 12.4. The van der Waals surface area contributed by atoms with Gasteiger partial charge in [-0.3, -0.25) is 5.10 Å². The van der Waals surface area contributed by atoms with Crippen LogP contribution in [-0.4, -0.2) is 15.2 Å². The van der Waals surface area contributed by atoms with Gasteiger partial charge in [0, 0.05) is 6.42 Å². The zero-order valence-corrected chi connectivity index (χ0v) is 18.4. The molecule has 1 heterocycles. The number of H-pyrrole nitrogens is 1. The van der Waals surface area contributed by atoms with Gasteiger partial charge >= 0.3 is 0 Å². The second-order valence-corrected chi connectivity index (χ2v) is 11.6. The molecule has 0 saturated heterocycles. The van der Waals surface area contributed by atoms with E-state index in [1.807, 2.05) is 0 Å². The molecule has 3 heteroatoms. The highest BCUT2D eigenvalue weighted by Gasteiger charge is 2.60. The summed E-state index contributed by atoms with van der Waals surface area (Å²) in [5.41, 5.74) is 1.28. The zero-order chi connectivity index (χ0) is 19.4. The molecule has 156 valence electrons. The summed E-state index contributed by atoms with van der Waals surface area (Å²) < 4.78 is 0. The molecule has 5 rings (SSSR count). The highest BCUT2D eigenvalue weighted by Crippen LogP contribution is 2.68. The van der Waals surface area contributed by atoms with Crippen molar-refractivity contribution in [3.63, 3.8) is 0 Å². The van der Waals surface area contributed by atoms with Crippen molar-refractivity contribution in [2.24, 2.45) is 46.3 Å². The first-order valence-corrected chi connectivity index (χ1v) is 12.4. The standard InChI is InChI=1S/C25H41N3/c1-17(7-12-23-26-16-27-28-23)20-10-11-21-19-9-8-18-6-4-5-14-24(18,2)22(19)13-15-25(20,21)3/h16-22H,4-15H2,1-3H3,(H,26,27,28)/t17-,18+,19?,20?,21?,22?,24+,25-/m1/s1. The summed E-state index contributed by atoms with van der Waals surface area (Å²) in [5.74, 6) is 6.90. The predicted molar refractivity (Wildman–Crippen MR) is 114 cm³/mol. The van der Waals surface area contributed by atoms with Crippen molar-refractivity contribution in [3.05, 3.63) is 12.2 Å². The zero-order valence-electron chi connectivity index (χ0n) is 18.4. The maximum Gasteiger partial charge on any atom is 0.137 e. The van der Waals surface area contributed by atoms with Gasteiger partial charge in [0.2, 0.25) is 0 Å². The van der Waals surface area contributed by atoms with Crippen LogP contribution < -0.4 is 0 Å². The van der Waals surface area contributed by atoms with E-state index < -0.39 is 0 Å². The third-order valence-electron chi connectivity index (χ3n) is 10.6. The number of rotatable bonds is 4. The molecule has 0 aromatic carbocycles. The Morgan fingerprint density at radius 2 is 1.86 bits per heavy atom. The molecule has 3 nitrogen and oxygen atoms in total. The topological polar surface area (TPSA) is 41.6 Å². The first-order chi connectivity index (χ1) is 13.5. The molecule has 8 atom stereocenters. The normalized spacial score (nSPS) is 46.5. The van der Waals surface area contributed by atoms with Crippen molar-refractivity contribution in [2.45, 2.75) is 97.8 Å². The fourth-order valence-corrected chi connectivity index (χ4v) is 9.19. The van der Waals surface area contributed by atoms with Crippen molar-refractivity contribution in [1.82, 2.24) is 15.2 Å². The Bertz CT molecular complexity index is 669. The lowest BCUT2D eigenvalue weighted by atomic mass is 9.44. The van der Waals surface area contributed by atoms with Crippen LogP contribution in [0.5, 0.6) is 0 Å². The molecule has 0 aliphatic heterocycles. The average molecular weight is 384 g/mol. The molecule has 1 N–H and O–H groups in total. The minimum Gasteiger partial charge on any atom is -0.263 e. The number of hydrogen-bond acceptors (Lipinski definition) is 2. The summed E-state index contributed by atoms with van der Waals surface area (Å²) in [5, 5.41) is 7.08. The second-order valence-electron chi connectivity index (χ2n) is 11.6. The van der Waals surface area contributed by atoms with Gasteiger partial charge in [-0.1, -0.05) is 33.6 Å². The Hall–Kier alpha value is -0.860. The Balaban J connectivity index is 1.31. The maximum atomic E-state index is 4.35. The van der Waals surface area contributed by atoms with Crippen molar-refractivity contribution in [3.8, 4) is 0 Å². The summed E-state index contributed by atoms with van der Waals surface area (Å²) >= 11 is 0. The maximum absolute atomic E-state index is 4.35. The molecule has 0 spiro atoms. The number of hydrogen-bond donors (Lipinski definition) is 1. The van der Waals surface area contributed by atoms with Crippen LogP contribution in [-0.2, 0) is 6.42 Å². The molecule has 4 aliphatic rings. The van der Waals surface area contributed by atoms with E-state index in [1.165, 1.54) is 64.2 Å². The monoisotopic (exact) mass is 383 g/mol. The molecule has 28 heavy (non-hydrogen) atoms. The van der Waals surface area contributed by atoms with E-state index in [1.54, 1.807) is 12.7 Å². The molecular weight excluding hydrogens is 342 g/mol. The van der Waals surface area contributed by atoms with E-state index in [2.05, 4.69) is 36.0 Å². The summed E-state index contributed by atoms with van der Waals surface area (Å²) in [7, 11) is 0. The second kappa shape index (κ2) is 7.13. The molecule has 1 aromatic rings. The molecule has 0 radical (unpaired) electrons. The van der Waals surface area contributed by atoms with Crippen molar-refractivity contribution >= 4 is 0 Å². The van der Waals surface area contributed by atoms with Gasteiger partial charge in [0.25, 0.3) is 0 Å². The van der Waals surface area contributed by atoms with E-state index in [9.17, 15) is 0 Å². The Morgan fingerprint density at radius 1 is 1.00 bits per heavy atom. The molecule has 1 aromatic heterocycles. The SMILES string of the molecule is C[C@H](CCc1ncn[nH]1)C1CCC2C3CC[C@@H]4CCCC[C@]4(C)C3CC[C@@]21C. The first kappa shape index (κ1) is 19.1. The lowest BCUT2D eigenvalue weighted by Gasteiger charge is -2.61. The number of nitrogens with zero attached hydrogens (tertiary/aromatic N) is 2.